The van der Waals surface area contributed by atoms with Crippen LogP contribution in [0.1, 0.15) is 6.42 Å². The molecule has 20 heavy (non-hydrogen) atoms. The van der Waals surface area contributed by atoms with Gasteiger partial charge in [-0.25, -0.2) is 4.98 Å². The van der Waals surface area contributed by atoms with E-state index in [0.717, 1.165) is 29.7 Å². The summed E-state index contributed by atoms with van der Waals surface area (Å²) in [5.74, 6) is 0.568. The number of rotatable bonds is 5. The highest BCUT2D eigenvalue weighted by Crippen LogP contribution is 2.17. The van der Waals surface area contributed by atoms with Gasteiger partial charge in [0.05, 0.1) is 11.9 Å². The number of hydrogen-bond donors (Lipinski definition) is 2. The summed E-state index contributed by atoms with van der Waals surface area (Å²) in [6.45, 7) is 1.54. The van der Waals surface area contributed by atoms with Crippen molar-refractivity contribution in [2.45, 2.75) is 13.0 Å². The topological polar surface area (TPSA) is 81.7 Å². The normalized spacial score (nSPS) is 10.8. The van der Waals surface area contributed by atoms with E-state index in [2.05, 4.69) is 24.8 Å². The monoisotopic (exact) mass is 268 g/mol. The van der Waals surface area contributed by atoms with Crippen LogP contribution in [0.15, 0.2) is 43.0 Å². The minimum absolute atomic E-state index is 0.568. The SMILES string of the molecule is NCCCn1ccc2cnc(Nc3cccnc3)nc21. The first-order chi connectivity index (χ1) is 9.86. The minimum atomic E-state index is 0.568. The zero-order valence-corrected chi connectivity index (χ0v) is 11.0. The Labute approximate surface area is 116 Å². The molecule has 0 unspecified atom stereocenters. The fourth-order valence-electron chi connectivity index (χ4n) is 2.04. The highest BCUT2D eigenvalue weighted by Gasteiger charge is 2.05. The first kappa shape index (κ1) is 12.6. The molecule has 0 spiro atoms. The minimum Gasteiger partial charge on any atom is -0.332 e. The molecule has 0 saturated heterocycles. The van der Waals surface area contributed by atoms with Gasteiger partial charge in [-0.3, -0.25) is 4.98 Å². The Morgan fingerprint density at radius 1 is 1.25 bits per heavy atom. The molecule has 3 rings (SSSR count). The van der Waals surface area contributed by atoms with E-state index in [1.807, 2.05) is 30.6 Å². The second-order valence-electron chi connectivity index (χ2n) is 4.49. The Morgan fingerprint density at radius 2 is 2.20 bits per heavy atom. The predicted octanol–water partition coefficient (Wildman–Crippen LogP) is 1.92. The molecule has 0 saturated carbocycles. The van der Waals surface area contributed by atoms with Crippen LogP contribution in [-0.4, -0.2) is 26.1 Å². The van der Waals surface area contributed by atoms with Crippen molar-refractivity contribution in [2.75, 3.05) is 11.9 Å². The summed E-state index contributed by atoms with van der Waals surface area (Å²) < 4.78 is 2.10. The second-order valence-corrected chi connectivity index (χ2v) is 4.49. The molecular weight excluding hydrogens is 252 g/mol. The van der Waals surface area contributed by atoms with Crippen LogP contribution < -0.4 is 11.1 Å². The molecule has 0 aliphatic heterocycles. The maximum absolute atomic E-state index is 5.56. The van der Waals surface area contributed by atoms with Gasteiger partial charge in [0, 0.05) is 30.5 Å². The van der Waals surface area contributed by atoms with Gasteiger partial charge >= 0.3 is 0 Å². The number of aromatic nitrogens is 4. The molecule has 0 bridgehead atoms. The summed E-state index contributed by atoms with van der Waals surface area (Å²) >= 11 is 0. The van der Waals surface area contributed by atoms with E-state index < -0.39 is 0 Å². The lowest BCUT2D eigenvalue weighted by Crippen LogP contribution is -2.06. The molecule has 0 aliphatic rings. The van der Waals surface area contributed by atoms with Crippen molar-refractivity contribution in [2.24, 2.45) is 5.73 Å². The molecule has 0 radical (unpaired) electrons. The van der Waals surface area contributed by atoms with Crippen molar-refractivity contribution in [3.05, 3.63) is 43.0 Å². The van der Waals surface area contributed by atoms with Gasteiger partial charge in [0.25, 0.3) is 0 Å². The van der Waals surface area contributed by atoms with Crippen LogP contribution >= 0.6 is 0 Å². The Hall–Kier alpha value is -2.47. The first-order valence-electron chi connectivity index (χ1n) is 6.56. The Morgan fingerprint density at radius 3 is 3.00 bits per heavy atom. The number of nitrogens with zero attached hydrogens (tertiary/aromatic N) is 4. The number of pyridine rings is 1. The highest BCUT2D eigenvalue weighted by atomic mass is 15.1. The van der Waals surface area contributed by atoms with Crippen molar-refractivity contribution in [3.8, 4) is 0 Å². The lowest BCUT2D eigenvalue weighted by molar-refractivity contribution is 0.666. The third-order valence-electron chi connectivity index (χ3n) is 3.02. The molecule has 0 atom stereocenters. The van der Waals surface area contributed by atoms with E-state index in [4.69, 9.17) is 5.73 Å². The third-order valence-corrected chi connectivity index (χ3v) is 3.02. The van der Waals surface area contributed by atoms with Gasteiger partial charge in [-0.2, -0.15) is 4.98 Å². The van der Waals surface area contributed by atoms with E-state index >= 15 is 0 Å². The molecule has 0 aromatic carbocycles. The van der Waals surface area contributed by atoms with Gasteiger partial charge in [-0.15, -0.1) is 0 Å². The molecule has 102 valence electrons. The van der Waals surface area contributed by atoms with Crippen molar-refractivity contribution in [3.63, 3.8) is 0 Å². The van der Waals surface area contributed by atoms with Gasteiger partial charge in [0.15, 0.2) is 0 Å². The summed E-state index contributed by atoms with van der Waals surface area (Å²) in [7, 11) is 0. The van der Waals surface area contributed by atoms with Gasteiger partial charge in [0.1, 0.15) is 5.65 Å². The van der Waals surface area contributed by atoms with Crippen molar-refractivity contribution >= 4 is 22.7 Å². The average Bonchev–Trinajstić information content (AvgIpc) is 2.89. The van der Waals surface area contributed by atoms with E-state index in [1.165, 1.54) is 0 Å². The number of nitrogens with two attached hydrogens (primary N) is 1. The summed E-state index contributed by atoms with van der Waals surface area (Å²) in [5.41, 5.74) is 7.34. The average molecular weight is 268 g/mol. The largest absolute Gasteiger partial charge is 0.332 e. The van der Waals surface area contributed by atoms with Crippen LogP contribution in [0, 0.1) is 0 Å². The second kappa shape index (κ2) is 5.66. The molecule has 3 N–H and O–H groups in total. The Balaban J connectivity index is 1.89. The van der Waals surface area contributed by atoms with Gasteiger partial charge in [0.2, 0.25) is 5.95 Å². The van der Waals surface area contributed by atoms with Crippen LogP contribution in [0.5, 0.6) is 0 Å². The van der Waals surface area contributed by atoms with Gasteiger partial charge in [-0.05, 0) is 31.2 Å². The van der Waals surface area contributed by atoms with E-state index in [0.29, 0.717) is 12.5 Å². The fraction of sp³-hybridized carbons (Fsp3) is 0.214. The smallest absolute Gasteiger partial charge is 0.229 e. The number of fused-ring (bicyclic) bond motifs is 1. The van der Waals surface area contributed by atoms with E-state index in [1.54, 1.807) is 12.4 Å². The quantitative estimate of drug-likeness (QED) is 0.738. The number of anilines is 2. The predicted molar refractivity (Wildman–Crippen MR) is 78.7 cm³/mol. The number of nitrogens with one attached hydrogen (secondary N) is 1. The molecule has 3 heterocycles. The van der Waals surface area contributed by atoms with Crippen LogP contribution in [0.4, 0.5) is 11.6 Å². The van der Waals surface area contributed by atoms with Crippen LogP contribution in [0.3, 0.4) is 0 Å². The Bertz CT molecular complexity index is 691. The molecule has 0 fully saturated rings. The maximum Gasteiger partial charge on any atom is 0.229 e. The summed E-state index contributed by atoms with van der Waals surface area (Å²) in [6.07, 6.45) is 8.23. The molecule has 3 aromatic rings. The summed E-state index contributed by atoms with van der Waals surface area (Å²) in [4.78, 5) is 12.9. The van der Waals surface area contributed by atoms with Crippen LogP contribution in [-0.2, 0) is 6.54 Å². The maximum atomic E-state index is 5.56. The molecular formula is C14H16N6. The zero-order valence-electron chi connectivity index (χ0n) is 11.0. The molecule has 3 aromatic heterocycles. The van der Waals surface area contributed by atoms with Crippen LogP contribution in [0.2, 0.25) is 0 Å². The molecule has 6 heteroatoms. The first-order valence-corrected chi connectivity index (χ1v) is 6.56. The van der Waals surface area contributed by atoms with Crippen molar-refractivity contribution in [1.82, 2.24) is 19.5 Å². The standard InChI is InChI=1S/C14H16N6/c15-5-2-7-20-8-4-11-9-17-14(19-13(11)20)18-12-3-1-6-16-10-12/h1,3-4,6,8-10H,2,5,7,15H2,(H,17,18,19). The van der Waals surface area contributed by atoms with E-state index in [9.17, 15) is 0 Å². The van der Waals surface area contributed by atoms with Crippen molar-refractivity contribution < 1.29 is 0 Å². The molecule has 0 amide bonds. The number of aryl methyl sites for hydroxylation is 1. The van der Waals surface area contributed by atoms with Gasteiger partial charge < -0.3 is 15.6 Å². The van der Waals surface area contributed by atoms with Crippen molar-refractivity contribution in [1.29, 1.82) is 0 Å². The zero-order chi connectivity index (χ0) is 13.8. The van der Waals surface area contributed by atoms with E-state index in [-0.39, 0.29) is 0 Å². The molecule has 0 aliphatic carbocycles. The third kappa shape index (κ3) is 2.60. The molecule has 6 nitrogen and oxygen atoms in total. The highest BCUT2D eigenvalue weighted by molar-refractivity contribution is 5.76. The Kier molecular flexibility index (Phi) is 3.56. The number of hydrogen-bond acceptors (Lipinski definition) is 5. The van der Waals surface area contributed by atoms with Gasteiger partial charge in [-0.1, -0.05) is 0 Å². The fourth-order valence-corrected chi connectivity index (χ4v) is 2.04. The summed E-state index contributed by atoms with van der Waals surface area (Å²) in [5, 5.41) is 4.17. The lowest BCUT2D eigenvalue weighted by Gasteiger charge is -2.06. The van der Waals surface area contributed by atoms with Crippen LogP contribution in [0.25, 0.3) is 11.0 Å². The summed E-state index contributed by atoms with van der Waals surface area (Å²) in [6, 6.07) is 5.80. The lowest BCUT2D eigenvalue weighted by atomic mass is 10.4.